The number of hydrogen-bond donors (Lipinski definition) is 4. The van der Waals surface area contributed by atoms with Crippen LogP contribution in [0.25, 0.3) is 11.1 Å². The molecule has 4 N–H and O–H groups in total. The molecule has 0 amide bonds. The summed E-state index contributed by atoms with van der Waals surface area (Å²) in [5, 5.41) is 32.8. The maximum atomic E-state index is 10.6. The third kappa shape index (κ3) is 3.76. The second-order valence-electron chi connectivity index (χ2n) is 7.84. The van der Waals surface area contributed by atoms with Crippen LogP contribution in [0.15, 0.2) is 65.8 Å². The van der Waals surface area contributed by atoms with Crippen molar-refractivity contribution in [3.05, 3.63) is 71.4 Å². The Morgan fingerprint density at radius 3 is 2.50 bits per heavy atom. The molecule has 1 saturated heterocycles. The molecule has 32 heavy (non-hydrogen) atoms. The van der Waals surface area contributed by atoms with Gasteiger partial charge in [-0.3, -0.25) is 10.4 Å². The first-order valence-electron chi connectivity index (χ1n) is 10.3. The Morgan fingerprint density at radius 2 is 1.81 bits per heavy atom. The van der Waals surface area contributed by atoms with Crippen molar-refractivity contribution in [3.8, 4) is 11.1 Å². The molecular weight excluding hydrogens is 432 g/mol. The molecule has 3 heterocycles. The highest BCUT2D eigenvalue weighted by atomic mass is 35.5. The zero-order chi connectivity index (χ0) is 22.2. The van der Waals surface area contributed by atoms with Crippen molar-refractivity contribution >= 4 is 29.4 Å². The van der Waals surface area contributed by atoms with Gasteiger partial charge in [0, 0.05) is 22.3 Å². The van der Waals surface area contributed by atoms with Crippen molar-refractivity contribution < 1.29 is 20.1 Å². The molecule has 0 saturated carbocycles. The van der Waals surface area contributed by atoms with Crippen LogP contribution >= 0.6 is 11.6 Å². The van der Waals surface area contributed by atoms with Gasteiger partial charge in [0.1, 0.15) is 30.5 Å². The topological polar surface area (TPSA) is 102 Å². The molecule has 1 fully saturated rings. The fourth-order valence-corrected chi connectivity index (χ4v) is 4.25. The molecular formula is C23H23ClN4O4. The lowest BCUT2D eigenvalue weighted by molar-refractivity contribution is -0.0518. The standard InChI is InChI=1S/C23H23ClN4O4/c24-15-6-8-16(9-7-15)26-27-10-18-17(14-4-2-1-3-5-14)11-28(22(18)25-13-27)23-21(31)20(30)19(12-29)32-23/h1-9,11,13,19-21,23,26,29-31H,10,12H2/t19-,20-,21-,23-/m1/s1. The van der Waals surface area contributed by atoms with Crippen LogP contribution in [-0.4, -0.2) is 56.2 Å². The molecule has 0 radical (unpaired) electrons. The Morgan fingerprint density at radius 1 is 1.06 bits per heavy atom. The van der Waals surface area contributed by atoms with E-state index >= 15 is 0 Å². The van der Waals surface area contributed by atoms with Crippen molar-refractivity contribution in [2.45, 2.75) is 31.1 Å². The summed E-state index contributed by atoms with van der Waals surface area (Å²) >= 11 is 5.98. The second kappa shape index (κ2) is 8.57. The van der Waals surface area contributed by atoms with Crippen molar-refractivity contribution in [2.24, 2.45) is 4.99 Å². The first-order valence-corrected chi connectivity index (χ1v) is 10.7. The molecule has 0 spiro atoms. The molecule has 166 valence electrons. The van der Waals surface area contributed by atoms with Gasteiger partial charge in [-0.2, -0.15) is 0 Å². The van der Waals surface area contributed by atoms with Crippen molar-refractivity contribution in [3.63, 3.8) is 0 Å². The lowest BCUT2D eigenvalue weighted by Crippen LogP contribution is -2.33. The molecule has 1 aromatic heterocycles. The number of hydrazine groups is 1. The zero-order valence-corrected chi connectivity index (χ0v) is 17.8. The van der Waals surface area contributed by atoms with E-state index in [1.165, 1.54) is 0 Å². The van der Waals surface area contributed by atoms with Gasteiger partial charge in [0.15, 0.2) is 6.23 Å². The van der Waals surface area contributed by atoms with Gasteiger partial charge in [-0.1, -0.05) is 41.9 Å². The molecule has 2 aromatic carbocycles. The number of anilines is 1. The largest absolute Gasteiger partial charge is 0.394 e. The molecule has 9 heteroatoms. The van der Waals surface area contributed by atoms with E-state index in [1.807, 2.05) is 65.8 Å². The molecule has 0 unspecified atom stereocenters. The average molecular weight is 455 g/mol. The number of halogens is 1. The third-order valence-corrected chi connectivity index (χ3v) is 6.00. The van der Waals surface area contributed by atoms with Gasteiger partial charge >= 0.3 is 0 Å². The number of aliphatic imine (C=N–C) groups is 1. The van der Waals surface area contributed by atoms with Crippen molar-refractivity contribution in [2.75, 3.05) is 12.0 Å². The van der Waals surface area contributed by atoms with E-state index in [9.17, 15) is 15.3 Å². The van der Waals surface area contributed by atoms with Crippen LogP contribution in [-0.2, 0) is 11.3 Å². The SMILES string of the molecule is OC[C@H]1O[C@@H](n2cc(-c3ccccc3)c3c2N=CN(Nc2ccc(Cl)cc2)C3)[C@H](O)[C@@H]1O. The molecule has 0 aliphatic carbocycles. The summed E-state index contributed by atoms with van der Waals surface area (Å²) in [6, 6.07) is 17.3. The quantitative estimate of drug-likeness (QED) is 0.473. The van der Waals surface area contributed by atoms with Crippen molar-refractivity contribution in [1.29, 1.82) is 0 Å². The average Bonchev–Trinajstić information content (AvgIpc) is 3.33. The number of aromatic nitrogens is 1. The highest BCUT2D eigenvalue weighted by Gasteiger charge is 2.44. The van der Waals surface area contributed by atoms with E-state index in [4.69, 9.17) is 16.3 Å². The summed E-state index contributed by atoms with van der Waals surface area (Å²) in [5.74, 6) is 0.632. The summed E-state index contributed by atoms with van der Waals surface area (Å²) < 4.78 is 7.50. The van der Waals surface area contributed by atoms with E-state index in [0.29, 0.717) is 17.4 Å². The first kappa shape index (κ1) is 21.0. The number of nitrogens with one attached hydrogen (secondary N) is 1. The number of benzene rings is 2. The minimum absolute atomic E-state index is 0.383. The summed E-state index contributed by atoms with van der Waals surface area (Å²) in [7, 11) is 0. The number of rotatable bonds is 5. The van der Waals surface area contributed by atoms with Crippen LogP contribution in [0.5, 0.6) is 0 Å². The van der Waals surface area contributed by atoms with Crippen LogP contribution < -0.4 is 5.43 Å². The number of aliphatic hydroxyl groups excluding tert-OH is 3. The van der Waals surface area contributed by atoms with Crippen LogP contribution in [0, 0.1) is 0 Å². The van der Waals surface area contributed by atoms with E-state index < -0.39 is 24.5 Å². The summed E-state index contributed by atoms with van der Waals surface area (Å²) in [4.78, 5) is 4.63. The second-order valence-corrected chi connectivity index (χ2v) is 8.27. The first-order chi connectivity index (χ1) is 15.5. The number of ether oxygens (including phenoxy) is 1. The Hall–Kier alpha value is -2.88. The normalized spacial score (nSPS) is 24.6. The fraction of sp³-hybridized carbons (Fsp3) is 0.261. The monoisotopic (exact) mass is 454 g/mol. The minimum Gasteiger partial charge on any atom is -0.394 e. The summed E-state index contributed by atoms with van der Waals surface area (Å²) in [5.41, 5.74) is 7.05. The minimum atomic E-state index is -1.19. The van der Waals surface area contributed by atoms with E-state index in [1.54, 1.807) is 10.9 Å². The number of fused-ring (bicyclic) bond motifs is 1. The maximum absolute atomic E-state index is 10.6. The molecule has 2 aliphatic heterocycles. The summed E-state index contributed by atoms with van der Waals surface area (Å²) in [6.07, 6.45) is -0.538. The van der Waals surface area contributed by atoms with Crippen molar-refractivity contribution in [1.82, 2.24) is 9.58 Å². The lowest BCUT2D eigenvalue weighted by Gasteiger charge is -2.26. The Labute approximate surface area is 189 Å². The highest BCUT2D eigenvalue weighted by Crippen LogP contribution is 2.41. The van der Waals surface area contributed by atoms with Gasteiger partial charge in [0.2, 0.25) is 0 Å². The van der Waals surface area contributed by atoms with Gasteiger partial charge in [-0.25, -0.2) is 4.99 Å². The smallest absolute Gasteiger partial charge is 0.164 e. The third-order valence-electron chi connectivity index (χ3n) is 5.75. The fourth-order valence-electron chi connectivity index (χ4n) is 4.12. The molecule has 2 aliphatic rings. The Balaban J connectivity index is 1.51. The molecule has 0 bridgehead atoms. The van der Waals surface area contributed by atoms with Gasteiger partial charge in [0.25, 0.3) is 0 Å². The lowest BCUT2D eigenvalue weighted by atomic mass is 10.0. The van der Waals surface area contributed by atoms with E-state index in [2.05, 4.69) is 10.4 Å². The van der Waals surface area contributed by atoms with Crippen LogP contribution in [0.1, 0.15) is 11.8 Å². The van der Waals surface area contributed by atoms with Gasteiger partial charge < -0.3 is 24.6 Å². The molecule has 3 aromatic rings. The maximum Gasteiger partial charge on any atom is 0.164 e. The van der Waals surface area contributed by atoms with Gasteiger partial charge in [-0.05, 0) is 29.8 Å². The van der Waals surface area contributed by atoms with Crippen LogP contribution in [0.4, 0.5) is 11.5 Å². The summed E-state index contributed by atoms with van der Waals surface area (Å²) in [6.45, 7) is 0.124. The van der Waals surface area contributed by atoms with E-state index in [0.717, 1.165) is 22.4 Å². The zero-order valence-electron chi connectivity index (χ0n) is 17.0. The predicted octanol–water partition coefficient (Wildman–Crippen LogP) is 2.92. The highest BCUT2D eigenvalue weighted by molar-refractivity contribution is 6.30. The Kier molecular flexibility index (Phi) is 5.62. The Bertz CT molecular complexity index is 1120. The van der Waals surface area contributed by atoms with E-state index in [-0.39, 0.29) is 6.61 Å². The number of aliphatic hydroxyl groups is 3. The molecule has 8 nitrogen and oxygen atoms in total. The number of nitrogens with zero attached hydrogens (tertiary/aromatic N) is 3. The predicted molar refractivity (Wildman–Crippen MR) is 122 cm³/mol. The van der Waals surface area contributed by atoms with Crippen LogP contribution in [0.2, 0.25) is 5.02 Å². The van der Waals surface area contributed by atoms with Gasteiger partial charge in [0.05, 0.1) is 18.8 Å². The molecule has 4 atom stereocenters. The number of hydrogen-bond acceptors (Lipinski definition) is 7. The van der Waals surface area contributed by atoms with Gasteiger partial charge in [-0.15, -0.1) is 0 Å². The molecule has 5 rings (SSSR count). The van der Waals surface area contributed by atoms with Crippen LogP contribution in [0.3, 0.4) is 0 Å².